The van der Waals surface area contributed by atoms with Crippen molar-refractivity contribution < 1.29 is 14.3 Å². The number of ether oxygens (including phenoxy) is 2. The zero-order valence-corrected chi connectivity index (χ0v) is 21.8. The molecular formula is C33H23ClN2O3. The number of carbonyl (C=O) groups excluding carboxylic acids is 1. The van der Waals surface area contributed by atoms with Crippen LogP contribution < -0.4 is 15.4 Å². The summed E-state index contributed by atoms with van der Waals surface area (Å²) in [5.41, 5.74) is 5.91. The van der Waals surface area contributed by atoms with Crippen LogP contribution in [0, 0.1) is 6.92 Å². The summed E-state index contributed by atoms with van der Waals surface area (Å²) in [6, 6.07) is 35.1. The van der Waals surface area contributed by atoms with E-state index in [4.69, 9.17) is 21.1 Å². The maximum Gasteiger partial charge on any atom is 0.340 e. The van der Waals surface area contributed by atoms with Crippen LogP contribution in [0.2, 0.25) is 5.02 Å². The number of hydrogen-bond donors (Lipinski definition) is 2. The molecule has 0 amide bonds. The molecule has 1 atom stereocenters. The molecule has 0 saturated heterocycles. The van der Waals surface area contributed by atoms with Crippen LogP contribution in [-0.4, -0.2) is 5.97 Å². The van der Waals surface area contributed by atoms with Crippen LogP contribution in [-0.2, 0) is 10.3 Å². The summed E-state index contributed by atoms with van der Waals surface area (Å²) in [5.74, 6) is 0.836. The topological polar surface area (TPSA) is 59.6 Å². The number of nitrogens with one attached hydrogen (secondary N) is 2. The Kier molecular flexibility index (Phi) is 5.35. The Morgan fingerprint density at radius 3 is 2.26 bits per heavy atom. The van der Waals surface area contributed by atoms with Crippen molar-refractivity contribution in [1.82, 2.24) is 0 Å². The number of halogens is 1. The summed E-state index contributed by atoms with van der Waals surface area (Å²) in [4.78, 5) is 13.3. The fourth-order valence-electron chi connectivity index (χ4n) is 5.47. The van der Waals surface area contributed by atoms with Gasteiger partial charge in [-0.15, -0.1) is 0 Å². The molecule has 0 fully saturated rings. The van der Waals surface area contributed by atoms with E-state index in [1.165, 1.54) is 0 Å². The third kappa shape index (κ3) is 3.74. The summed E-state index contributed by atoms with van der Waals surface area (Å²) in [6.45, 7) is 1.93. The van der Waals surface area contributed by atoms with Crippen LogP contribution in [0.1, 0.15) is 32.6 Å². The van der Waals surface area contributed by atoms with E-state index < -0.39 is 5.60 Å². The number of fused-ring (bicyclic) bond motifs is 6. The molecule has 2 aliphatic heterocycles. The van der Waals surface area contributed by atoms with Crippen LogP contribution in [0.15, 0.2) is 109 Å². The minimum Gasteiger partial charge on any atom is -0.456 e. The van der Waals surface area contributed by atoms with E-state index in [0.29, 0.717) is 27.6 Å². The highest BCUT2D eigenvalue weighted by atomic mass is 35.5. The molecule has 1 spiro atoms. The molecule has 0 radical (unpaired) electrons. The molecule has 0 aliphatic carbocycles. The number of aryl methyl sites for hydroxylation is 1. The standard InChI is InChI=1S/C33H23ClN2O3/c1-20-17-30-26(19-27(20)34)33(25-14-6-5-13-24(25)32(37)39-33)31-28(15-8-16-29(31)38-30)36-23-12-7-11-22(18-23)35-21-9-3-2-4-10-21/h2-19,35-36H,1H3. The number of rotatable bonds is 4. The van der Waals surface area contributed by atoms with Crippen molar-refractivity contribution in [3.63, 3.8) is 0 Å². The van der Waals surface area contributed by atoms with Crippen molar-refractivity contribution in [2.45, 2.75) is 12.5 Å². The lowest BCUT2D eigenvalue weighted by atomic mass is 9.76. The van der Waals surface area contributed by atoms with Gasteiger partial charge >= 0.3 is 5.97 Å². The van der Waals surface area contributed by atoms with Crippen LogP contribution >= 0.6 is 11.6 Å². The van der Waals surface area contributed by atoms with Gasteiger partial charge < -0.3 is 20.1 Å². The molecule has 5 aromatic carbocycles. The molecule has 1 unspecified atom stereocenters. The summed E-state index contributed by atoms with van der Waals surface area (Å²) < 4.78 is 12.8. The first kappa shape index (κ1) is 23.4. The number of esters is 1. The second-order valence-corrected chi connectivity index (χ2v) is 10.1. The number of para-hydroxylation sites is 1. The fraction of sp³-hybridized carbons (Fsp3) is 0.0606. The minimum atomic E-state index is -1.22. The first-order chi connectivity index (χ1) is 19.0. The highest BCUT2D eigenvalue weighted by Gasteiger charge is 2.54. The molecule has 2 aliphatic rings. The predicted octanol–water partition coefficient (Wildman–Crippen LogP) is 8.70. The maximum absolute atomic E-state index is 13.3. The quantitative estimate of drug-likeness (QED) is 0.227. The second-order valence-electron chi connectivity index (χ2n) is 9.69. The molecule has 190 valence electrons. The average molecular weight is 531 g/mol. The van der Waals surface area contributed by atoms with E-state index in [1.807, 2.05) is 110 Å². The van der Waals surface area contributed by atoms with Gasteiger partial charge in [0.1, 0.15) is 11.5 Å². The summed E-state index contributed by atoms with van der Waals surface area (Å²) in [5, 5.41) is 7.58. The predicted molar refractivity (Wildman–Crippen MR) is 154 cm³/mol. The van der Waals surface area contributed by atoms with Gasteiger partial charge in [-0.3, -0.25) is 0 Å². The fourth-order valence-corrected chi connectivity index (χ4v) is 5.64. The molecule has 0 bridgehead atoms. The third-order valence-electron chi connectivity index (χ3n) is 7.21. The lowest BCUT2D eigenvalue weighted by Crippen LogP contribution is -2.34. The lowest BCUT2D eigenvalue weighted by Gasteiger charge is -2.38. The van der Waals surface area contributed by atoms with E-state index in [1.54, 1.807) is 6.07 Å². The molecule has 2 heterocycles. The third-order valence-corrected chi connectivity index (χ3v) is 7.62. The van der Waals surface area contributed by atoms with Gasteiger partial charge in [-0.25, -0.2) is 4.79 Å². The molecule has 6 heteroatoms. The van der Waals surface area contributed by atoms with E-state index in [9.17, 15) is 4.79 Å². The Labute approximate surface area is 231 Å². The van der Waals surface area contributed by atoms with Gasteiger partial charge in [0.15, 0.2) is 5.60 Å². The van der Waals surface area contributed by atoms with Gasteiger partial charge in [0.05, 0.1) is 16.8 Å². The Balaban J connectivity index is 1.39. The molecule has 39 heavy (non-hydrogen) atoms. The second kappa shape index (κ2) is 8.93. The average Bonchev–Trinajstić information content (AvgIpc) is 3.23. The molecular weight excluding hydrogens is 508 g/mol. The largest absolute Gasteiger partial charge is 0.456 e. The first-order valence-corrected chi connectivity index (χ1v) is 13.0. The monoisotopic (exact) mass is 530 g/mol. The summed E-state index contributed by atoms with van der Waals surface area (Å²) in [7, 11) is 0. The molecule has 0 aromatic heterocycles. The van der Waals surface area contributed by atoms with Gasteiger partial charge in [-0.05, 0) is 73.2 Å². The van der Waals surface area contributed by atoms with Gasteiger partial charge in [-0.1, -0.05) is 60.1 Å². The molecule has 5 aromatic rings. The molecule has 7 rings (SSSR count). The smallest absolute Gasteiger partial charge is 0.340 e. The van der Waals surface area contributed by atoms with Gasteiger partial charge in [0, 0.05) is 33.2 Å². The van der Waals surface area contributed by atoms with Crippen molar-refractivity contribution in [3.05, 3.63) is 142 Å². The van der Waals surface area contributed by atoms with Gasteiger partial charge in [0.25, 0.3) is 0 Å². The number of hydrogen-bond acceptors (Lipinski definition) is 5. The highest BCUT2D eigenvalue weighted by Crippen LogP contribution is 2.58. The van der Waals surface area contributed by atoms with Crippen molar-refractivity contribution in [2.24, 2.45) is 0 Å². The minimum absolute atomic E-state index is 0.384. The van der Waals surface area contributed by atoms with E-state index >= 15 is 0 Å². The van der Waals surface area contributed by atoms with E-state index in [2.05, 4.69) is 10.6 Å². The summed E-state index contributed by atoms with van der Waals surface area (Å²) in [6.07, 6.45) is 0. The highest BCUT2D eigenvalue weighted by molar-refractivity contribution is 6.31. The normalized spacial score (nSPS) is 16.5. The van der Waals surface area contributed by atoms with E-state index in [0.717, 1.165) is 39.4 Å². The molecule has 0 saturated carbocycles. The number of benzene rings is 5. The molecule has 2 N–H and O–H groups in total. The van der Waals surface area contributed by atoms with Crippen LogP contribution in [0.25, 0.3) is 0 Å². The van der Waals surface area contributed by atoms with Crippen molar-refractivity contribution in [1.29, 1.82) is 0 Å². The Morgan fingerprint density at radius 2 is 1.41 bits per heavy atom. The number of carbonyl (C=O) groups is 1. The number of anilines is 4. The SMILES string of the molecule is Cc1cc2c(cc1Cl)C1(OC(=O)c3ccccc31)c1c(Nc3cccc(Nc4ccccc4)c3)cccc1O2. The van der Waals surface area contributed by atoms with Crippen LogP contribution in [0.3, 0.4) is 0 Å². The Morgan fingerprint density at radius 1 is 0.692 bits per heavy atom. The Hall–Kier alpha value is -4.74. The Bertz CT molecular complexity index is 1770. The molecule has 5 nitrogen and oxygen atoms in total. The van der Waals surface area contributed by atoms with Crippen molar-refractivity contribution in [2.75, 3.05) is 10.6 Å². The lowest BCUT2D eigenvalue weighted by molar-refractivity contribution is 0.0227. The van der Waals surface area contributed by atoms with E-state index in [-0.39, 0.29) is 5.97 Å². The summed E-state index contributed by atoms with van der Waals surface area (Å²) >= 11 is 6.63. The first-order valence-electron chi connectivity index (χ1n) is 12.7. The van der Waals surface area contributed by atoms with Crippen LogP contribution in [0.4, 0.5) is 22.7 Å². The van der Waals surface area contributed by atoms with Crippen LogP contribution in [0.5, 0.6) is 11.5 Å². The zero-order chi connectivity index (χ0) is 26.6. The van der Waals surface area contributed by atoms with Crippen molar-refractivity contribution in [3.8, 4) is 11.5 Å². The maximum atomic E-state index is 13.3. The zero-order valence-electron chi connectivity index (χ0n) is 21.0. The van der Waals surface area contributed by atoms with Gasteiger partial charge in [-0.2, -0.15) is 0 Å². The van der Waals surface area contributed by atoms with Gasteiger partial charge in [0.2, 0.25) is 0 Å². The van der Waals surface area contributed by atoms with Crippen molar-refractivity contribution >= 4 is 40.3 Å².